The first-order valence-corrected chi connectivity index (χ1v) is 4.03. The molecule has 12 heavy (non-hydrogen) atoms. The highest BCUT2D eigenvalue weighted by Crippen LogP contribution is 2.09. The van der Waals surface area contributed by atoms with E-state index in [4.69, 9.17) is 0 Å². The number of hydrogen-bond donors (Lipinski definition) is 2. The quantitative estimate of drug-likeness (QED) is 0.706. The molecule has 0 bridgehead atoms. The van der Waals surface area contributed by atoms with Crippen LogP contribution in [0.2, 0.25) is 0 Å². The minimum absolute atomic E-state index is 0.851. The summed E-state index contributed by atoms with van der Waals surface area (Å²) in [5.74, 6) is 2.56. The van der Waals surface area contributed by atoms with E-state index in [0.717, 1.165) is 23.9 Å². The van der Waals surface area contributed by atoms with Gasteiger partial charge in [-0.05, 0) is 0 Å². The highest BCUT2D eigenvalue weighted by molar-refractivity contribution is 5.46. The monoisotopic (exact) mass is 166 g/mol. The standard InChI is InChI=1S/C8H14N4/c1-4-6-11-7(9-2)5-8(10-3)12-6/h5H,4H2,1-3H3,(H2,9,10,11,12). The van der Waals surface area contributed by atoms with Crippen molar-refractivity contribution in [3.05, 3.63) is 11.9 Å². The van der Waals surface area contributed by atoms with Crippen LogP contribution in [0.25, 0.3) is 0 Å². The van der Waals surface area contributed by atoms with Crippen LogP contribution in [-0.4, -0.2) is 24.1 Å². The Balaban J connectivity index is 3.01. The molecule has 0 fully saturated rings. The summed E-state index contributed by atoms with van der Waals surface area (Å²) in [4.78, 5) is 8.51. The van der Waals surface area contributed by atoms with Crippen LogP contribution in [0.3, 0.4) is 0 Å². The number of aryl methyl sites for hydroxylation is 1. The zero-order valence-electron chi connectivity index (χ0n) is 7.68. The third-order valence-electron chi connectivity index (χ3n) is 1.60. The Morgan fingerprint density at radius 3 is 2.00 bits per heavy atom. The van der Waals surface area contributed by atoms with Crippen LogP contribution in [0.5, 0.6) is 0 Å². The third kappa shape index (κ3) is 1.84. The fourth-order valence-electron chi connectivity index (χ4n) is 0.911. The van der Waals surface area contributed by atoms with Gasteiger partial charge in [0.1, 0.15) is 17.5 Å². The van der Waals surface area contributed by atoms with E-state index in [1.54, 1.807) is 0 Å². The molecule has 1 heterocycles. The molecule has 0 aliphatic rings. The van der Waals surface area contributed by atoms with Crippen molar-refractivity contribution in [2.24, 2.45) is 0 Å². The van der Waals surface area contributed by atoms with Gasteiger partial charge in [0.25, 0.3) is 0 Å². The smallest absolute Gasteiger partial charge is 0.132 e. The summed E-state index contributed by atoms with van der Waals surface area (Å²) in [5.41, 5.74) is 0. The molecular formula is C8H14N4. The first kappa shape index (κ1) is 8.77. The van der Waals surface area contributed by atoms with E-state index in [-0.39, 0.29) is 0 Å². The lowest BCUT2D eigenvalue weighted by atomic mass is 10.4. The van der Waals surface area contributed by atoms with Crippen molar-refractivity contribution in [3.8, 4) is 0 Å². The average molecular weight is 166 g/mol. The Hall–Kier alpha value is -1.32. The fourth-order valence-corrected chi connectivity index (χ4v) is 0.911. The summed E-state index contributed by atoms with van der Waals surface area (Å²) in [7, 11) is 3.70. The lowest BCUT2D eigenvalue weighted by Gasteiger charge is -2.05. The summed E-state index contributed by atoms with van der Waals surface area (Å²) in [6.45, 7) is 2.04. The van der Waals surface area contributed by atoms with Gasteiger partial charge in [-0.15, -0.1) is 0 Å². The van der Waals surface area contributed by atoms with E-state index in [1.807, 2.05) is 27.1 Å². The van der Waals surface area contributed by atoms with Crippen molar-refractivity contribution in [1.29, 1.82) is 0 Å². The molecule has 0 aliphatic carbocycles. The molecule has 1 aromatic heterocycles. The lowest BCUT2D eigenvalue weighted by Crippen LogP contribution is -2.02. The Morgan fingerprint density at radius 1 is 1.17 bits per heavy atom. The predicted molar refractivity (Wildman–Crippen MR) is 50.5 cm³/mol. The SMILES string of the molecule is CCc1nc(NC)cc(NC)n1. The summed E-state index contributed by atoms with van der Waals surface area (Å²) in [6, 6.07) is 1.87. The Bertz CT molecular complexity index is 204. The van der Waals surface area contributed by atoms with Gasteiger partial charge >= 0.3 is 0 Å². The van der Waals surface area contributed by atoms with Crippen LogP contribution in [-0.2, 0) is 6.42 Å². The van der Waals surface area contributed by atoms with E-state index in [9.17, 15) is 0 Å². The molecule has 4 heteroatoms. The normalized spacial score (nSPS) is 9.58. The van der Waals surface area contributed by atoms with Gasteiger partial charge in [-0.2, -0.15) is 0 Å². The van der Waals surface area contributed by atoms with Crippen molar-refractivity contribution >= 4 is 11.6 Å². The topological polar surface area (TPSA) is 49.8 Å². The van der Waals surface area contributed by atoms with Crippen molar-refractivity contribution in [2.45, 2.75) is 13.3 Å². The number of aromatic nitrogens is 2. The molecule has 0 radical (unpaired) electrons. The molecule has 0 aliphatic heterocycles. The minimum Gasteiger partial charge on any atom is -0.373 e. The minimum atomic E-state index is 0.851. The van der Waals surface area contributed by atoms with Gasteiger partial charge < -0.3 is 10.6 Å². The molecular weight excluding hydrogens is 152 g/mol. The third-order valence-corrected chi connectivity index (χ3v) is 1.60. The van der Waals surface area contributed by atoms with E-state index in [1.165, 1.54) is 0 Å². The van der Waals surface area contributed by atoms with Gasteiger partial charge in [-0.1, -0.05) is 6.92 Å². The molecule has 66 valence electrons. The average Bonchev–Trinajstić information content (AvgIpc) is 2.16. The highest BCUT2D eigenvalue weighted by atomic mass is 15.1. The maximum atomic E-state index is 4.26. The van der Waals surface area contributed by atoms with Crippen molar-refractivity contribution in [1.82, 2.24) is 9.97 Å². The van der Waals surface area contributed by atoms with Crippen LogP contribution in [0, 0.1) is 0 Å². The summed E-state index contributed by atoms with van der Waals surface area (Å²) >= 11 is 0. The molecule has 0 spiro atoms. The summed E-state index contributed by atoms with van der Waals surface area (Å²) in [6.07, 6.45) is 0.851. The largest absolute Gasteiger partial charge is 0.373 e. The van der Waals surface area contributed by atoms with Gasteiger partial charge in [0.2, 0.25) is 0 Å². The zero-order valence-corrected chi connectivity index (χ0v) is 7.68. The molecule has 4 nitrogen and oxygen atoms in total. The lowest BCUT2D eigenvalue weighted by molar-refractivity contribution is 0.943. The second-order valence-corrected chi connectivity index (χ2v) is 2.41. The van der Waals surface area contributed by atoms with Crippen LogP contribution < -0.4 is 10.6 Å². The highest BCUT2D eigenvalue weighted by Gasteiger charge is 1.99. The van der Waals surface area contributed by atoms with Crippen LogP contribution >= 0.6 is 0 Å². The number of hydrogen-bond acceptors (Lipinski definition) is 4. The molecule has 1 rings (SSSR count). The first-order chi connectivity index (χ1) is 5.80. The van der Waals surface area contributed by atoms with Crippen LogP contribution in [0.1, 0.15) is 12.7 Å². The van der Waals surface area contributed by atoms with E-state index in [0.29, 0.717) is 0 Å². The Labute approximate surface area is 72.4 Å². The van der Waals surface area contributed by atoms with Crippen molar-refractivity contribution < 1.29 is 0 Å². The number of nitrogens with one attached hydrogen (secondary N) is 2. The van der Waals surface area contributed by atoms with Gasteiger partial charge in [0.15, 0.2) is 0 Å². The van der Waals surface area contributed by atoms with E-state index >= 15 is 0 Å². The molecule has 2 N–H and O–H groups in total. The van der Waals surface area contributed by atoms with Gasteiger partial charge in [-0.3, -0.25) is 0 Å². The van der Waals surface area contributed by atoms with Gasteiger partial charge in [0.05, 0.1) is 0 Å². The summed E-state index contributed by atoms with van der Waals surface area (Å²) in [5, 5.41) is 5.97. The molecule has 0 saturated heterocycles. The Kier molecular flexibility index (Phi) is 2.85. The number of anilines is 2. The maximum absolute atomic E-state index is 4.26. The predicted octanol–water partition coefficient (Wildman–Crippen LogP) is 1.12. The van der Waals surface area contributed by atoms with E-state index in [2.05, 4.69) is 20.6 Å². The van der Waals surface area contributed by atoms with Crippen LogP contribution in [0.15, 0.2) is 6.07 Å². The Morgan fingerprint density at radius 2 is 1.67 bits per heavy atom. The van der Waals surface area contributed by atoms with Gasteiger partial charge in [0, 0.05) is 26.6 Å². The van der Waals surface area contributed by atoms with Gasteiger partial charge in [-0.25, -0.2) is 9.97 Å². The van der Waals surface area contributed by atoms with Crippen LogP contribution in [0.4, 0.5) is 11.6 Å². The fraction of sp³-hybridized carbons (Fsp3) is 0.500. The summed E-state index contributed by atoms with van der Waals surface area (Å²) < 4.78 is 0. The number of rotatable bonds is 3. The molecule has 1 aromatic rings. The zero-order chi connectivity index (χ0) is 8.97. The van der Waals surface area contributed by atoms with Crippen molar-refractivity contribution in [2.75, 3.05) is 24.7 Å². The molecule has 0 amide bonds. The second-order valence-electron chi connectivity index (χ2n) is 2.41. The van der Waals surface area contributed by atoms with E-state index < -0.39 is 0 Å². The molecule has 0 saturated carbocycles. The second kappa shape index (κ2) is 3.90. The first-order valence-electron chi connectivity index (χ1n) is 4.03. The van der Waals surface area contributed by atoms with Crippen molar-refractivity contribution in [3.63, 3.8) is 0 Å². The maximum Gasteiger partial charge on any atom is 0.132 e. The number of nitrogens with zero attached hydrogens (tertiary/aromatic N) is 2. The molecule has 0 atom stereocenters. The molecule has 0 aromatic carbocycles. The molecule has 0 unspecified atom stereocenters.